The number of amides is 1. The van der Waals surface area contributed by atoms with Gasteiger partial charge in [0.1, 0.15) is 0 Å². The normalized spacial score (nSPS) is 16.6. The molecule has 0 unspecified atom stereocenters. The van der Waals surface area contributed by atoms with Crippen LogP contribution in [-0.4, -0.2) is 12.5 Å². The van der Waals surface area contributed by atoms with Crippen LogP contribution in [0.15, 0.2) is 0 Å². The van der Waals surface area contributed by atoms with Gasteiger partial charge in [0.2, 0.25) is 0 Å². The standard InChI is InChI=1S/C13H21NO/c1-2-3-11-14-13(15)10-9-12-7-5-4-6-8-12/h12H,2-8,11H2,1H3,(H,14,15). The van der Waals surface area contributed by atoms with Crippen molar-refractivity contribution in [2.45, 2.75) is 51.9 Å². The lowest BCUT2D eigenvalue weighted by Gasteiger charge is -2.15. The first-order valence-corrected chi connectivity index (χ1v) is 6.12. The lowest BCUT2D eigenvalue weighted by Crippen LogP contribution is -2.22. The van der Waals surface area contributed by atoms with Crippen molar-refractivity contribution in [3.63, 3.8) is 0 Å². The molecular weight excluding hydrogens is 186 g/mol. The van der Waals surface area contributed by atoms with E-state index in [4.69, 9.17) is 0 Å². The highest BCUT2D eigenvalue weighted by atomic mass is 16.1. The molecule has 2 nitrogen and oxygen atoms in total. The fraction of sp³-hybridized carbons (Fsp3) is 0.769. The fourth-order valence-electron chi connectivity index (χ4n) is 1.84. The molecule has 0 heterocycles. The monoisotopic (exact) mass is 207 g/mol. The van der Waals surface area contributed by atoms with E-state index in [1.807, 2.05) is 0 Å². The Bertz CT molecular complexity index is 243. The predicted octanol–water partition coefficient (Wildman–Crippen LogP) is 2.49. The summed E-state index contributed by atoms with van der Waals surface area (Å²) in [5.41, 5.74) is 0. The van der Waals surface area contributed by atoms with Crippen LogP contribution < -0.4 is 5.32 Å². The van der Waals surface area contributed by atoms with Gasteiger partial charge in [-0.05, 0) is 25.2 Å². The number of rotatable bonds is 3. The minimum absolute atomic E-state index is 0.103. The average molecular weight is 207 g/mol. The SMILES string of the molecule is CCCCNC(=O)C#CC1CCCCC1. The van der Waals surface area contributed by atoms with Crippen LogP contribution in [0.1, 0.15) is 51.9 Å². The molecule has 0 atom stereocenters. The van der Waals surface area contributed by atoms with E-state index in [1.165, 1.54) is 32.1 Å². The first-order chi connectivity index (χ1) is 7.33. The summed E-state index contributed by atoms with van der Waals surface area (Å²) < 4.78 is 0. The largest absolute Gasteiger partial charge is 0.345 e. The third-order valence-electron chi connectivity index (χ3n) is 2.81. The molecule has 0 spiro atoms. The van der Waals surface area contributed by atoms with Gasteiger partial charge in [-0.3, -0.25) is 4.79 Å². The van der Waals surface area contributed by atoms with E-state index in [0.717, 1.165) is 19.4 Å². The molecule has 0 aromatic carbocycles. The molecule has 2 heteroatoms. The van der Waals surface area contributed by atoms with Crippen LogP contribution in [0.2, 0.25) is 0 Å². The maximum Gasteiger partial charge on any atom is 0.295 e. The van der Waals surface area contributed by atoms with Gasteiger partial charge in [0.05, 0.1) is 0 Å². The molecule has 0 aliphatic heterocycles. The van der Waals surface area contributed by atoms with Crippen LogP contribution in [0.25, 0.3) is 0 Å². The molecule has 0 aromatic heterocycles. The summed E-state index contributed by atoms with van der Waals surface area (Å²) in [6, 6.07) is 0. The molecule has 0 bridgehead atoms. The Morgan fingerprint density at radius 2 is 2.07 bits per heavy atom. The van der Waals surface area contributed by atoms with Crippen LogP contribution in [0.3, 0.4) is 0 Å². The number of carbonyl (C=O) groups excluding carboxylic acids is 1. The summed E-state index contributed by atoms with van der Waals surface area (Å²) in [6.45, 7) is 2.87. The summed E-state index contributed by atoms with van der Waals surface area (Å²) in [5, 5.41) is 2.81. The van der Waals surface area contributed by atoms with E-state index >= 15 is 0 Å². The number of hydrogen-bond donors (Lipinski definition) is 1. The maximum absolute atomic E-state index is 11.3. The lowest BCUT2D eigenvalue weighted by molar-refractivity contribution is -0.115. The zero-order valence-corrected chi connectivity index (χ0v) is 9.64. The van der Waals surface area contributed by atoms with Crippen molar-refractivity contribution in [3.05, 3.63) is 0 Å². The van der Waals surface area contributed by atoms with Crippen molar-refractivity contribution in [1.82, 2.24) is 5.32 Å². The van der Waals surface area contributed by atoms with Gasteiger partial charge in [-0.2, -0.15) is 0 Å². The summed E-state index contributed by atoms with van der Waals surface area (Å²) in [7, 11) is 0. The minimum atomic E-state index is -0.103. The number of hydrogen-bond acceptors (Lipinski definition) is 1. The fourth-order valence-corrected chi connectivity index (χ4v) is 1.84. The first kappa shape index (κ1) is 12.1. The third-order valence-corrected chi connectivity index (χ3v) is 2.81. The van der Waals surface area contributed by atoms with Crippen LogP contribution in [0.4, 0.5) is 0 Å². The highest BCUT2D eigenvalue weighted by Crippen LogP contribution is 2.22. The van der Waals surface area contributed by atoms with Crippen molar-refractivity contribution >= 4 is 5.91 Å². The van der Waals surface area contributed by atoms with Gasteiger partial charge >= 0.3 is 0 Å². The number of unbranched alkanes of at least 4 members (excludes halogenated alkanes) is 1. The third kappa shape index (κ3) is 5.47. The quantitative estimate of drug-likeness (QED) is 0.559. The van der Waals surface area contributed by atoms with E-state index in [9.17, 15) is 4.79 Å². The maximum atomic E-state index is 11.3. The Labute approximate surface area is 92.8 Å². The number of nitrogens with one attached hydrogen (secondary N) is 1. The molecule has 0 saturated heterocycles. The second kappa shape index (κ2) is 7.34. The van der Waals surface area contributed by atoms with Crippen molar-refractivity contribution in [2.75, 3.05) is 6.54 Å². The Morgan fingerprint density at radius 3 is 2.73 bits per heavy atom. The summed E-state index contributed by atoms with van der Waals surface area (Å²) in [4.78, 5) is 11.3. The predicted molar refractivity (Wildman–Crippen MR) is 62.3 cm³/mol. The number of carbonyl (C=O) groups is 1. The van der Waals surface area contributed by atoms with Gasteiger partial charge in [0.15, 0.2) is 0 Å². The van der Waals surface area contributed by atoms with E-state index < -0.39 is 0 Å². The van der Waals surface area contributed by atoms with Gasteiger partial charge in [0, 0.05) is 12.5 Å². The molecule has 1 aliphatic rings. The minimum Gasteiger partial charge on any atom is -0.345 e. The molecule has 1 amide bonds. The Hall–Kier alpha value is -0.970. The highest BCUT2D eigenvalue weighted by Gasteiger charge is 2.10. The van der Waals surface area contributed by atoms with Crippen molar-refractivity contribution in [1.29, 1.82) is 0 Å². The summed E-state index contributed by atoms with van der Waals surface area (Å²) in [5.74, 6) is 6.16. The van der Waals surface area contributed by atoms with Gasteiger partial charge in [-0.1, -0.05) is 38.5 Å². The van der Waals surface area contributed by atoms with Crippen LogP contribution in [0.5, 0.6) is 0 Å². The van der Waals surface area contributed by atoms with Crippen LogP contribution in [-0.2, 0) is 4.79 Å². The van der Waals surface area contributed by atoms with Gasteiger partial charge in [-0.25, -0.2) is 0 Å². The molecular formula is C13H21NO. The van der Waals surface area contributed by atoms with E-state index in [1.54, 1.807) is 0 Å². The van der Waals surface area contributed by atoms with E-state index in [2.05, 4.69) is 24.1 Å². The van der Waals surface area contributed by atoms with Gasteiger partial charge in [-0.15, -0.1) is 0 Å². The molecule has 1 rings (SSSR count). The summed E-state index contributed by atoms with van der Waals surface area (Å²) in [6.07, 6.45) is 8.38. The Kier molecular flexibility index (Phi) is 5.92. The van der Waals surface area contributed by atoms with E-state index in [0.29, 0.717) is 5.92 Å². The molecule has 1 saturated carbocycles. The Balaban J connectivity index is 2.20. The molecule has 1 fully saturated rings. The van der Waals surface area contributed by atoms with Gasteiger partial charge in [0.25, 0.3) is 5.91 Å². The topological polar surface area (TPSA) is 29.1 Å². The molecule has 1 aliphatic carbocycles. The van der Waals surface area contributed by atoms with Crippen LogP contribution >= 0.6 is 0 Å². The molecule has 15 heavy (non-hydrogen) atoms. The summed E-state index contributed by atoms with van der Waals surface area (Å²) >= 11 is 0. The smallest absolute Gasteiger partial charge is 0.295 e. The lowest BCUT2D eigenvalue weighted by atomic mass is 9.90. The molecule has 0 aromatic rings. The van der Waals surface area contributed by atoms with Crippen molar-refractivity contribution < 1.29 is 4.79 Å². The highest BCUT2D eigenvalue weighted by molar-refractivity contribution is 5.93. The Morgan fingerprint density at radius 1 is 1.33 bits per heavy atom. The van der Waals surface area contributed by atoms with Gasteiger partial charge < -0.3 is 5.32 Å². The molecule has 0 radical (unpaired) electrons. The molecule has 84 valence electrons. The second-order valence-corrected chi connectivity index (χ2v) is 4.21. The zero-order chi connectivity index (χ0) is 10.9. The van der Waals surface area contributed by atoms with Crippen molar-refractivity contribution in [3.8, 4) is 11.8 Å². The molecule has 1 N–H and O–H groups in total. The second-order valence-electron chi connectivity index (χ2n) is 4.21. The van der Waals surface area contributed by atoms with Crippen LogP contribution in [0, 0.1) is 17.8 Å². The zero-order valence-electron chi connectivity index (χ0n) is 9.64. The first-order valence-electron chi connectivity index (χ1n) is 6.12. The average Bonchev–Trinajstić information content (AvgIpc) is 2.28. The van der Waals surface area contributed by atoms with Crippen molar-refractivity contribution in [2.24, 2.45) is 5.92 Å². The van der Waals surface area contributed by atoms with E-state index in [-0.39, 0.29) is 5.91 Å².